The van der Waals surface area contributed by atoms with Gasteiger partial charge in [0.2, 0.25) is 10.0 Å². The van der Waals surface area contributed by atoms with E-state index in [4.69, 9.17) is 9.84 Å². The van der Waals surface area contributed by atoms with Gasteiger partial charge in [0.15, 0.2) is 0 Å². The smallest absolute Gasteiger partial charge is 0.303 e. The first-order valence-electron chi connectivity index (χ1n) is 7.84. The maximum Gasteiger partial charge on any atom is 0.303 e. The Bertz CT molecular complexity index is 798. The van der Waals surface area contributed by atoms with Crippen LogP contribution in [-0.4, -0.2) is 33.1 Å². The number of aliphatic carboxylic acids is 1. The quantitative estimate of drug-likeness (QED) is 0.713. The molecule has 7 heteroatoms. The van der Waals surface area contributed by atoms with E-state index in [1.165, 1.54) is 12.1 Å². The zero-order valence-corrected chi connectivity index (χ0v) is 14.8. The standard InChI is InChI=1S/C18H21NO5S/c1-24-16-7-2-15(3-8-16)12-13-19-25(22,23)17-9-4-14(5-10-17)6-11-18(20)21/h2-5,7-10,19H,6,11-13H2,1H3,(H,20,21). The van der Waals surface area contributed by atoms with Crippen LogP contribution in [0.5, 0.6) is 5.75 Å². The molecule has 134 valence electrons. The summed E-state index contributed by atoms with van der Waals surface area (Å²) in [6.07, 6.45) is 0.965. The van der Waals surface area contributed by atoms with Gasteiger partial charge in [-0.2, -0.15) is 0 Å². The van der Waals surface area contributed by atoms with Crippen LogP contribution in [0, 0.1) is 0 Å². The van der Waals surface area contributed by atoms with Gasteiger partial charge in [-0.1, -0.05) is 24.3 Å². The Kier molecular flexibility index (Phi) is 6.55. The fourth-order valence-corrected chi connectivity index (χ4v) is 3.32. The Morgan fingerprint density at radius 2 is 1.56 bits per heavy atom. The second-order valence-corrected chi connectivity index (χ2v) is 7.30. The van der Waals surface area contributed by atoms with E-state index in [0.29, 0.717) is 12.8 Å². The third-order valence-corrected chi connectivity index (χ3v) is 5.20. The average Bonchev–Trinajstić information content (AvgIpc) is 2.61. The van der Waals surface area contributed by atoms with E-state index in [1.807, 2.05) is 24.3 Å². The summed E-state index contributed by atoms with van der Waals surface area (Å²) in [6, 6.07) is 13.7. The molecule has 25 heavy (non-hydrogen) atoms. The molecule has 0 saturated carbocycles. The zero-order valence-electron chi connectivity index (χ0n) is 13.9. The molecule has 0 unspecified atom stereocenters. The lowest BCUT2D eigenvalue weighted by molar-refractivity contribution is -0.136. The maximum atomic E-state index is 12.3. The van der Waals surface area contributed by atoms with Gasteiger partial charge in [-0.25, -0.2) is 13.1 Å². The molecule has 0 atom stereocenters. The van der Waals surface area contributed by atoms with Crippen LogP contribution in [0.2, 0.25) is 0 Å². The number of rotatable bonds is 9. The molecule has 0 spiro atoms. The molecule has 0 aliphatic carbocycles. The Morgan fingerprint density at radius 1 is 1.00 bits per heavy atom. The van der Waals surface area contributed by atoms with Gasteiger partial charge in [0, 0.05) is 13.0 Å². The monoisotopic (exact) mass is 363 g/mol. The molecule has 2 aromatic rings. The second-order valence-electron chi connectivity index (χ2n) is 5.53. The Labute approximate surface area is 147 Å². The van der Waals surface area contributed by atoms with Gasteiger partial charge >= 0.3 is 5.97 Å². The molecule has 2 rings (SSSR count). The maximum absolute atomic E-state index is 12.3. The van der Waals surface area contributed by atoms with E-state index < -0.39 is 16.0 Å². The van der Waals surface area contributed by atoms with Crippen molar-refractivity contribution in [1.82, 2.24) is 4.72 Å². The molecule has 0 heterocycles. The molecule has 0 radical (unpaired) electrons. The minimum Gasteiger partial charge on any atom is -0.497 e. The van der Waals surface area contributed by atoms with Gasteiger partial charge in [0.05, 0.1) is 12.0 Å². The van der Waals surface area contributed by atoms with E-state index >= 15 is 0 Å². The minimum absolute atomic E-state index is 0.0200. The van der Waals surface area contributed by atoms with Crippen molar-refractivity contribution in [2.75, 3.05) is 13.7 Å². The second kappa shape index (κ2) is 8.64. The van der Waals surface area contributed by atoms with Gasteiger partial charge in [-0.05, 0) is 48.2 Å². The van der Waals surface area contributed by atoms with Crippen molar-refractivity contribution >= 4 is 16.0 Å². The van der Waals surface area contributed by atoms with E-state index in [9.17, 15) is 13.2 Å². The third kappa shape index (κ3) is 5.88. The molecule has 0 fully saturated rings. The third-order valence-electron chi connectivity index (χ3n) is 3.73. The highest BCUT2D eigenvalue weighted by molar-refractivity contribution is 7.89. The van der Waals surface area contributed by atoms with E-state index in [-0.39, 0.29) is 17.9 Å². The number of nitrogens with one attached hydrogen (secondary N) is 1. The van der Waals surface area contributed by atoms with Crippen LogP contribution in [0.15, 0.2) is 53.4 Å². The number of hydrogen-bond acceptors (Lipinski definition) is 4. The first-order valence-corrected chi connectivity index (χ1v) is 9.32. The minimum atomic E-state index is -3.58. The fraction of sp³-hybridized carbons (Fsp3) is 0.278. The summed E-state index contributed by atoms with van der Waals surface area (Å²) >= 11 is 0. The van der Waals surface area contributed by atoms with Crippen molar-refractivity contribution in [2.24, 2.45) is 0 Å². The number of methoxy groups -OCH3 is 1. The summed E-state index contributed by atoms with van der Waals surface area (Å²) in [5.41, 5.74) is 1.80. The number of sulfonamides is 1. The summed E-state index contributed by atoms with van der Waals surface area (Å²) in [5.74, 6) is -0.121. The van der Waals surface area contributed by atoms with Crippen molar-refractivity contribution in [3.05, 3.63) is 59.7 Å². The molecule has 0 bridgehead atoms. The first kappa shape index (κ1) is 19.0. The largest absolute Gasteiger partial charge is 0.497 e. The highest BCUT2D eigenvalue weighted by Gasteiger charge is 2.13. The van der Waals surface area contributed by atoms with Crippen molar-refractivity contribution in [1.29, 1.82) is 0 Å². The molecule has 6 nitrogen and oxygen atoms in total. The highest BCUT2D eigenvalue weighted by Crippen LogP contribution is 2.13. The predicted molar refractivity (Wildman–Crippen MR) is 94.3 cm³/mol. The van der Waals surface area contributed by atoms with Crippen molar-refractivity contribution in [3.8, 4) is 5.75 Å². The van der Waals surface area contributed by atoms with Crippen LogP contribution in [0.3, 0.4) is 0 Å². The SMILES string of the molecule is COc1ccc(CCNS(=O)(=O)c2ccc(CCC(=O)O)cc2)cc1. The molecule has 0 aliphatic rings. The molecular formula is C18H21NO5S. The number of ether oxygens (including phenoxy) is 1. The lowest BCUT2D eigenvalue weighted by Crippen LogP contribution is -2.26. The van der Waals surface area contributed by atoms with Gasteiger partial charge < -0.3 is 9.84 Å². The summed E-state index contributed by atoms with van der Waals surface area (Å²) in [6.45, 7) is 0.287. The summed E-state index contributed by atoms with van der Waals surface area (Å²) < 4.78 is 32.2. The fourth-order valence-electron chi connectivity index (χ4n) is 2.29. The van der Waals surface area contributed by atoms with Crippen molar-refractivity contribution < 1.29 is 23.1 Å². The topological polar surface area (TPSA) is 92.7 Å². The van der Waals surface area contributed by atoms with Crippen LogP contribution >= 0.6 is 0 Å². The van der Waals surface area contributed by atoms with Gasteiger partial charge in [-0.3, -0.25) is 4.79 Å². The molecule has 2 aromatic carbocycles. The van der Waals surface area contributed by atoms with Gasteiger partial charge in [0.25, 0.3) is 0 Å². The number of hydrogen-bond donors (Lipinski definition) is 2. The average molecular weight is 363 g/mol. The highest BCUT2D eigenvalue weighted by atomic mass is 32.2. The molecular weight excluding hydrogens is 342 g/mol. The lowest BCUT2D eigenvalue weighted by Gasteiger charge is -2.08. The molecule has 0 saturated heterocycles. The first-order chi connectivity index (χ1) is 11.9. The molecule has 0 amide bonds. The Hall–Kier alpha value is -2.38. The number of carboxylic acids is 1. The van der Waals surface area contributed by atoms with Gasteiger partial charge in [-0.15, -0.1) is 0 Å². The van der Waals surface area contributed by atoms with Crippen LogP contribution in [0.4, 0.5) is 0 Å². The Morgan fingerprint density at radius 3 is 2.12 bits per heavy atom. The molecule has 2 N–H and O–H groups in total. The summed E-state index contributed by atoms with van der Waals surface area (Å²) in [7, 11) is -1.99. The van der Waals surface area contributed by atoms with E-state index in [2.05, 4.69) is 4.72 Å². The molecule has 0 aromatic heterocycles. The Balaban J connectivity index is 1.90. The van der Waals surface area contributed by atoms with Crippen LogP contribution < -0.4 is 9.46 Å². The van der Waals surface area contributed by atoms with Crippen molar-refractivity contribution in [2.45, 2.75) is 24.2 Å². The molecule has 0 aliphatic heterocycles. The number of benzene rings is 2. The normalized spacial score (nSPS) is 11.2. The number of carboxylic acid groups (broad SMARTS) is 1. The van der Waals surface area contributed by atoms with Crippen LogP contribution in [0.25, 0.3) is 0 Å². The zero-order chi connectivity index (χ0) is 18.3. The van der Waals surface area contributed by atoms with E-state index in [0.717, 1.165) is 16.9 Å². The summed E-state index contributed by atoms with van der Waals surface area (Å²) in [5, 5.41) is 8.67. The van der Waals surface area contributed by atoms with E-state index in [1.54, 1.807) is 19.2 Å². The summed E-state index contributed by atoms with van der Waals surface area (Å²) in [4.78, 5) is 10.7. The number of aryl methyl sites for hydroxylation is 1. The van der Waals surface area contributed by atoms with Gasteiger partial charge in [0.1, 0.15) is 5.75 Å². The number of carbonyl (C=O) groups is 1. The van der Waals surface area contributed by atoms with Crippen molar-refractivity contribution in [3.63, 3.8) is 0 Å². The van der Waals surface area contributed by atoms with Crippen LogP contribution in [0.1, 0.15) is 17.5 Å². The lowest BCUT2D eigenvalue weighted by atomic mass is 10.1. The predicted octanol–water partition coefficient (Wildman–Crippen LogP) is 2.23. The van der Waals surface area contributed by atoms with Crippen LogP contribution in [-0.2, 0) is 27.7 Å².